The van der Waals surface area contributed by atoms with Gasteiger partial charge in [0.05, 0.1) is 0 Å². The van der Waals surface area contributed by atoms with Gasteiger partial charge in [0.2, 0.25) is 0 Å². The van der Waals surface area contributed by atoms with Gasteiger partial charge in [0.15, 0.2) is 0 Å². The quantitative estimate of drug-likeness (QED) is 0.657. The van der Waals surface area contributed by atoms with Crippen molar-refractivity contribution in [1.82, 2.24) is 0 Å². The molecule has 0 radical (unpaired) electrons. The van der Waals surface area contributed by atoms with Crippen LogP contribution >= 0.6 is 15.9 Å². The van der Waals surface area contributed by atoms with Crippen molar-refractivity contribution >= 4 is 15.9 Å². The third-order valence-electron chi connectivity index (χ3n) is 2.92. The van der Waals surface area contributed by atoms with Crippen molar-refractivity contribution in [3.63, 3.8) is 0 Å². The standard InChI is InChI=1S/C13H17Br/c1-13(2,3)10-6-4-9(5-7-10)11-8-12(11)14/h4-7,11-12H,8H2,1-3H3/t11-,12+/m0/s1. The molecule has 0 nitrogen and oxygen atoms in total. The maximum atomic E-state index is 3.64. The van der Waals surface area contributed by atoms with Crippen molar-refractivity contribution in [2.75, 3.05) is 0 Å². The highest BCUT2D eigenvalue weighted by Crippen LogP contribution is 2.46. The van der Waals surface area contributed by atoms with E-state index in [1.54, 1.807) is 0 Å². The van der Waals surface area contributed by atoms with Gasteiger partial charge in [-0.05, 0) is 28.9 Å². The zero-order valence-corrected chi connectivity index (χ0v) is 10.6. The number of hydrogen-bond acceptors (Lipinski definition) is 0. The van der Waals surface area contributed by atoms with Crippen LogP contribution in [0.15, 0.2) is 24.3 Å². The molecule has 0 spiro atoms. The first kappa shape index (κ1) is 10.2. The molecule has 1 fully saturated rings. The van der Waals surface area contributed by atoms with Crippen LogP contribution in [0.4, 0.5) is 0 Å². The van der Waals surface area contributed by atoms with Gasteiger partial charge < -0.3 is 0 Å². The average Bonchev–Trinajstić information content (AvgIpc) is 2.81. The third-order valence-corrected chi connectivity index (χ3v) is 3.93. The van der Waals surface area contributed by atoms with Gasteiger partial charge in [0.25, 0.3) is 0 Å². The number of rotatable bonds is 1. The molecule has 76 valence electrons. The molecule has 0 amide bonds. The number of hydrogen-bond donors (Lipinski definition) is 0. The van der Waals surface area contributed by atoms with Crippen LogP contribution in [0, 0.1) is 0 Å². The van der Waals surface area contributed by atoms with Crippen LogP contribution < -0.4 is 0 Å². The Morgan fingerprint density at radius 3 is 2.00 bits per heavy atom. The van der Waals surface area contributed by atoms with Crippen LogP contribution in [0.5, 0.6) is 0 Å². The molecule has 1 saturated carbocycles. The van der Waals surface area contributed by atoms with E-state index >= 15 is 0 Å². The monoisotopic (exact) mass is 252 g/mol. The van der Waals surface area contributed by atoms with Gasteiger partial charge >= 0.3 is 0 Å². The SMILES string of the molecule is CC(C)(C)c1ccc([C@@H]2C[C@H]2Br)cc1. The first-order valence-electron chi connectivity index (χ1n) is 5.23. The molecule has 0 unspecified atom stereocenters. The van der Waals surface area contributed by atoms with E-state index in [0.717, 1.165) is 10.7 Å². The molecule has 1 aromatic carbocycles. The predicted octanol–water partition coefficient (Wildman–Crippen LogP) is 4.23. The molecule has 0 bridgehead atoms. The minimum Gasteiger partial charge on any atom is -0.0884 e. The lowest BCUT2D eigenvalue weighted by Crippen LogP contribution is -2.10. The molecule has 0 heterocycles. The Kier molecular flexibility index (Phi) is 2.46. The summed E-state index contributed by atoms with van der Waals surface area (Å²) in [5, 5.41) is 0. The first-order valence-corrected chi connectivity index (χ1v) is 6.14. The van der Waals surface area contributed by atoms with Crippen LogP contribution in [-0.2, 0) is 5.41 Å². The number of alkyl halides is 1. The second-order valence-corrected chi connectivity index (χ2v) is 6.41. The summed E-state index contributed by atoms with van der Waals surface area (Å²) in [6, 6.07) is 9.11. The summed E-state index contributed by atoms with van der Waals surface area (Å²) < 4.78 is 0. The zero-order valence-electron chi connectivity index (χ0n) is 9.05. The summed E-state index contributed by atoms with van der Waals surface area (Å²) >= 11 is 3.64. The Hall–Kier alpha value is -0.300. The third kappa shape index (κ3) is 2.03. The van der Waals surface area contributed by atoms with Crippen molar-refractivity contribution < 1.29 is 0 Å². The lowest BCUT2D eigenvalue weighted by molar-refractivity contribution is 0.590. The van der Waals surface area contributed by atoms with E-state index in [1.807, 2.05) is 0 Å². The lowest BCUT2D eigenvalue weighted by atomic mass is 9.86. The van der Waals surface area contributed by atoms with Crippen molar-refractivity contribution in [2.45, 2.75) is 43.4 Å². The first-order chi connectivity index (χ1) is 6.48. The highest BCUT2D eigenvalue weighted by molar-refractivity contribution is 9.09. The van der Waals surface area contributed by atoms with E-state index in [9.17, 15) is 0 Å². The summed E-state index contributed by atoms with van der Waals surface area (Å²) in [5.41, 5.74) is 3.18. The minimum atomic E-state index is 0.274. The van der Waals surface area contributed by atoms with E-state index in [2.05, 4.69) is 61.0 Å². The Morgan fingerprint density at radius 1 is 1.14 bits per heavy atom. The minimum absolute atomic E-state index is 0.274. The highest BCUT2D eigenvalue weighted by Gasteiger charge is 2.35. The molecule has 14 heavy (non-hydrogen) atoms. The van der Waals surface area contributed by atoms with Crippen LogP contribution in [0.25, 0.3) is 0 Å². The van der Waals surface area contributed by atoms with Gasteiger partial charge in [-0.15, -0.1) is 0 Å². The fourth-order valence-corrected chi connectivity index (χ4v) is 2.45. The van der Waals surface area contributed by atoms with Gasteiger partial charge in [-0.3, -0.25) is 0 Å². The number of benzene rings is 1. The van der Waals surface area contributed by atoms with Crippen LogP contribution in [0.1, 0.15) is 44.2 Å². The van der Waals surface area contributed by atoms with E-state index < -0.39 is 0 Å². The largest absolute Gasteiger partial charge is 0.0884 e. The summed E-state index contributed by atoms with van der Waals surface area (Å²) in [5.74, 6) is 0.768. The van der Waals surface area contributed by atoms with E-state index in [0.29, 0.717) is 0 Å². The predicted molar refractivity (Wildman–Crippen MR) is 65.2 cm³/mol. The molecule has 0 N–H and O–H groups in total. The number of halogens is 1. The van der Waals surface area contributed by atoms with E-state index in [1.165, 1.54) is 17.5 Å². The van der Waals surface area contributed by atoms with Gasteiger partial charge in [0.1, 0.15) is 0 Å². The second-order valence-electron chi connectivity index (χ2n) is 5.23. The maximum Gasteiger partial charge on any atom is 0.0221 e. The molecule has 0 aliphatic heterocycles. The fraction of sp³-hybridized carbons (Fsp3) is 0.538. The molecule has 1 aromatic rings. The van der Waals surface area contributed by atoms with Crippen LogP contribution in [0.2, 0.25) is 0 Å². The van der Waals surface area contributed by atoms with Crippen LogP contribution in [0.3, 0.4) is 0 Å². The Balaban J connectivity index is 2.18. The van der Waals surface area contributed by atoms with Crippen LogP contribution in [-0.4, -0.2) is 4.83 Å². The van der Waals surface area contributed by atoms with Gasteiger partial charge in [-0.25, -0.2) is 0 Å². The van der Waals surface area contributed by atoms with E-state index in [-0.39, 0.29) is 5.41 Å². The highest BCUT2D eigenvalue weighted by atomic mass is 79.9. The van der Waals surface area contributed by atoms with Crippen molar-refractivity contribution in [3.8, 4) is 0 Å². The maximum absolute atomic E-state index is 3.64. The summed E-state index contributed by atoms with van der Waals surface area (Å²) in [6.45, 7) is 6.77. The van der Waals surface area contributed by atoms with Gasteiger partial charge in [0, 0.05) is 4.83 Å². The molecule has 0 saturated heterocycles. The lowest BCUT2D eigenvalue weighted by Gasteiger charge is -2.19. The van der Waals surface area contributed by atoms with E-state index in [4.69, 9.17) is 0 Å². The topological polar surface area (TPSA) is 0 Å². The second kappa shape index (κ2) is 3.37. The summed E-state index contributed by atoms with van der Waals surface area (Å²) in [6.07, 6.45) is 1.30. The summed E-state index contributed by atoms with van der Waals surface area (Å²) in [7, 11) is 0. The summed E-state index contributed by atoms with van der Waals surface area (Å²) in [4.78, 5) is 0.725. The molecule has 1 aliphatic carbocycles. The fourth-order valence-electron chi connectivity index (χ4n) is 1.74. The van der Waals surface area contributed by atoms with Crippen molar-refractivity contribution in [1.29, 1.82) is 0 Å². The van der Waals surface area contributed by atoms with Crippen molar-refractivity contribution in [2.24, 2.45) is 0 Å². The Bertz CT molecular complexity index is 318. The van der Waals surface area contributed by atoms with Gasteiger partial charge in [-0.2, -0.15) is 0 Å². The normalized spacial score (nSPS) is 26.3. The molecule has 1 aliphatic rings. The molecule has 1 heteroatoms. The molecular weight excluding hydrogens is 236 g/mol. The Labute approximate surface area is 94.8 Å². The van der Waals surface area contributed by atoms with Crippen molar-refractivity contribution in [3.05, 3.63) is 35.4 Å². The smallest absolute Gasteiger partial charge is 0.0221 e. The van der Waals surface area contributed by atoms with Gasteiger partial charge in [-0.1, -0.05) is 61.0 Å². The average molecular weight is 253 g/mol. The Morgan fingerprint density at radius 2 is 1.64 bits per heavy atom. The molecular formula is C13H17Br. The zero-order chi connectivity index (χ0) is 10.3. The molecule has 2 atom stereocenters. The molecule has 0 aromatic heterocycles. The molecule has 2 rings (SSSR count).